The Morgan fingerprint density at radius 1 is 1.20 bits per heavy atom. The molecule has 0 aliphatic carbocycles. The van der Waals surface area contributed by atoms with E-state index in [9.17, 15) is 9.59 Å². The smallest absolute Gasteiger partial charge is 0.265 e. The molecule has 0 saturated carbocycles. The third-order valence-corrected chi connectivity index (χ3v) is 4.01. The molecule has 0 saturated heterocycles. The zero-order chi connectivity index (χ0) is 17.8. The first kappa shape index (κ1) is 16.9. The van der Waals surface area contributed by atoms with E-state index in [1.54, 1.807) is 48.5 Å². The van der Waals surface area contributed by atoms with E-state index in [4.69, 9.17) is 9.84 Å². The fourth-order valence-electron chi connectivity index (χ4n) is 2.83. The minimum Gasteiger partial charge on any atom is -0.497 e. The van der Waals surface area contributed by atoms with Gasteiger partial charge in [0.05, 0.1) is 31.9 Å². The zero-order valence-electron chi connectivity index (χ0n) is 13.8. The predicted molar refractivity (Wildman–Crippen MR) is 94.4 cm³/mol. The molecule has 2 aromatic carbocycles. The first-order valence-electron chi connectivity index (χ1n) is 7.89. The highest BCUT2D eigenvalue weighted by Gasteiger charge is 2.38. The molecule has 0 fully saturated rings. The van der Waals surface area contributed by atoms with Crippen LogP contribution in [0.25, 0.3) is 0 Å². The highest BCUT2D eigenvalue weighted by atomic mass is 16.5. The number of hydrogen-bond acceptors (Lipinski definition) is 5. The lowest BCUT2D eigenvalue weighted by Gasteiger charge is -2.31. The maximum absolute atomic E-state index is 13.0. The van der Waals surface area contributed by atoms with Gasteiger partial charge in [0, 0.05) is 17.8 Å². The molecule has 0 spiro atoms. The van der Waals surface area contributed by atoms with Crippen molar-refractivity contribution in [2.24, 2.45) is 4.99 Å². The zero-order valence-corrected chi connectivity index (χ0v) is 13.8. The molecule has 6 heteroatoms. The van der Waals surface area contributed by atoms with Gasteiger partial charge in [-0.05, 0) is 23.8 Å². The largest absolute Gasteiger partial charge is 0.497 e. The van der Waals surface area contributed by atoms with Crippen molar-refractivity contribution in [3.63, 3.8) is 0 Å². The summed E-state index contributed by atoms with van der Waals surface area (Å²) in [6.07, 6.45) is 1.50. The van der Waals surface area contributed by atoms with Gasteiger partial charge in [0.2, 0.25) is 5.91 Å². The molecule has 1 N–H and O–H groups in total. The Labute approximate surface area is 145 Å². The predicted octanol–water partition coefficient (Wildman–Crippen LogP) is 2.03. The number of fused-ring (bicyclic) bond motifs is 1. The highest BCUT2D eigenvalue weighted by Crippen LogP contribution is 2.33. The minimum absolute atomic E-state index is 0.0996. The Balaban J connectivity index is 2.08. The average molecular weight is 338 g/mol. The Kier molecular flexibility index (Phi) is 4.90. The summed E-state index contributed by atoms with van der Waals surface area (Å²) in [5.41, 5.74) is 1.54. The lowest BCUT2D eigenvalue weighted by Crippen LogP contribution is -2.45. The SMILES string of the molecule is COc1cccc(N2C(=O)c3ccccc3[C@@H](C=NCCO)C2=O)c1. The number of aliphatic imine (C=N–C) groups is 1. The molecule has 0 radical (unpaired) electrons. The van der Waals surface area contributed by atoms with Gasteiger partial charge in [-0.15, -0.1) is 0 Å². The van der Waals surface area contributed by atoms with E-state index in [0.717, 1.165) is 4.90 Å². The van der Waals surface area contributed by atoms with Crippen molar-refractivity contribution in [1.29, 1.82) is 0 Å². The van der Waals surface area contributed by atoms with E-state index < -0.39 is 5.92 Å². The minimum atomic E-state index is -0.674. The second-order valence-electron chi connectivity index (χ2n) is 5.52. The van der Waals surface area contributed by atoms with Crippen LogP contribution in [0.4, 0.5) is 5.69 Å². The Morgan fingerprint density at radius 2 is 2.00 bits per heavy atom. The topological polar surface area (TPSA) is 79.2 Å². The van der Waals surface area contributed by atoms with Crippen LogP contribution in [0.15, 0.2) is 53.5 Å². The molecule has 1 aliphatic rings. The van der Waals surface area contributed by atoms with Crippen LogP contribution >= 0.6 is 0 Å². The summed E-state index contributed by atoms with van der Waals surface area (Å²) in [6.45, 7) is 0.108. The van der Waals surface area contributed by atoms with Crippen molar-refractivity contribution in [3.8, 4) is 5.75 Å². The van der Waals surface area contributed by atoms with Gasteiger partial charge in [0.15, 0.2) is 0 Å². The number of methoxy groups -OCH3 is 1. The summed E-state index contributed by atoms with van der Waals surface area (Å²) in [4.78, 5) is 31.1. The van der Waals surface area contributed by atoms with Crippen LogP contribution in [0.2, 0.25) is 0 Å². The van der Waals surface area contributed by atoms with Crippen LogP contribution in [-0.4, -0.2) is 43.4 Å². The van der Waals surface area contributed by atoms with E-state index in [-0.39, 0.29) is 25.0 Å². The van der Waals surface area contributed by atoms with Crippen molar-refractivity contribution in [2.45, 2.75) is 5.92 Å². The lowest BCUT2D eigenvalue weighted by atomic mass is 9.89. The van der Waals surface area contributed by atoms with Crippen LogP contribution in [0, 0.1) is 0 Å². The molecule has 0 bridgehead atoms. The number of aliphatic hydroxyl groups excluding tert-OH is 1. The standard InChI is InChI=1S/C19H18N2O4/c1-25-14-6-4-5-13(11-14)21-18(23)16-8-3-2-7-15(16)17(19(21)24)12-20-9-10-22/h2-8,11-12,17,22H,9-10H2,1H3/t17-/m1/s1. The molecule has 3 rings (SSSR count). The number of nitrogens with zero attached hydrogens (tertiary/aromatic N) is 2. The van der Waals surface area contributed by atoms with Crippen molar-refractivity contribution in [3.05, 3.63) is 59.7 Å². The average Bonchev–Trinajstić information content (AvgIpc) is 2.65. The molecule has 0 unspecified atom stereocenters. The second kappa shape index (κ2) is 7.27. The van der Waals surface area contributed by atoms with Crippen molar-refractivity contribution >= 4 is 23.7 Å². The molecular weight excluding hydrogens is 320 g/mol. The van der Waals surface area contributed by atoms with Crippen LogP contribution in [0.3, 0.4) is 0 Å². The fraction of sp³-hybridized carbons (Fsp3) is 0.211. The summed E-state index contributed by atoms with van der Waals surface area (Å²) in [5, 5.41) is 8.91. The monoisotopic (exact) mass is 338 g/mol. The number of ether oxygens (including phenoxy) is 1. The van der Waals surface area contributed by atoms with Crippen molar-refractivity contribution in [2.75, 3.05) is 25.2 Å². The van der Waals surface area contributed by atoms with Gasteiger partial charge in [-0.25, -0.2) is 4.90 Å². The van der Waals surface area contributed by atoms with Crippen LogP contribution in [0.1, 0.15) is 21.8 Å². The molecule has 1 aliphatic heterocycles. The molecule has 0 aromatic heterocycles. The Hall–Kier alpha value is -2.99. The third kappa shape index (κ3) is 3.16. The second-order valence-corrected chi connectivity index (χ2v) is 5.52. The summed E-state index contributed by atoms with van der Waals surface area (Å²) in [5.74, 6) is -0.867. The highest BCUT2D eigenvalue weighted by molar-refractivity contribution is 6.29. The summed E-state index contributed by atoms with van der Waals surface area (Å²) >= 11 is 0. The van der Waals surface area contributed by atoms with Crippen molar-refractivity contribution in [1.82, 2.24) is 0 Å². The normalized spacial score (nSPS) is 17.0. The van der Waals surface area contributed by atoms with Gasteiger partial charge >= 0.3 is 0 Å². The number of carbonyl (C=O) groups excluding carboxylic acids is 2. The fourth-order valence-corrected chi connectivity index (χ4v) is 2.83. The van der Waals surface area contributed by atoms with Gasteiger partial charge in [-0.2, -0.15) is 0 Å². The van der Waals surface area contributed by atoms with Crippen LogP contribution < -0.4 is 9.64 Å². The van der Waals surface area contributed by atoms with Crippen molar-refractivity contribution < 1.29 is 19.4 Å². The molecule has 1 heterocycles. The number of aliphatic hydroxyl groups is 1. The summed E-state index contributed by atoms with van der Waals surface area (Å²) in [6, 6.07) is 13.8. The molecule has 2 amide bonds. The van der Waals surface area contributed by atoms with Crippen LogP contribution in [0.5, 0.6) is 5.75 Å². The maximum Gasteiger partial charge on any atom is 0.265 e. The van der Waals surface area contributed by atoms with Gasteiger partial charge < -0.3 is 9.84 Å². The Morgan fingerprint density at radius 3 is 2.76 bits per heavy atom. The first-order chi connectivity index (χ1) is 12.2. The van der Waals surface area contributed by atoms with Crippen LogP contribution in [-0.2, 0) is 4.79 Å². The molecule has 25 heavy (non-hydrogen) atoms. The first-order valence-corrected chi connectivity index (χ1v) is 7.89. The van der Waals surface area contributed by atoms with Gasteiger partial charge in [-0.3, -0.25) is 14.6 Å². The summed E-state index contributed by atoms with van der Waals surface area (Å²) in [7, 11) is 1.53. The van der Waals surface area contributed by atoms with E-state index >= 15 is 0 Å². The number of carbonyl (C=O) groups is 2. The summed E-state index contributed by atoms with van der Waals surface area (Å²) < 4.78 is 5.19. The lowest BCUT2D eigenvalue weighted by molar-refractivity contribution is -0.118. The number of anilines is 1. The van der Waals surface area contributed by atoms with E-state index in [2.05, 4.69) is 4.99 Å². The Bertz CT molecular complexity index is 832. The van der Waals surface area contributed by atoms with E-state index in [1.807, 2.05) is 0 Å². The number of rotatable bonds is 5. The maximum atomic E-state index is 13.0. The number of hydrogen-bond donors (Lipinski definition) is 1. The van der Waals surface area contributed by atoms with Gasteiger partial charge in [0.1, 0.15) is 5.75 Å². The van der Waals surface area contributed by atoms with Gasteiger partial charge in [-0.1, -0.05) is 24.3 Å². The molecule has 1 atom stereocenters. The van der Waals surface area contributed by atoms with E-state index in [1.165, 1.54) is 13.3 Å². The molecular formula is C19H18N2O4. The molecule has 6 nitrogen and oxygen atoms in total. The van der Waals surface area contributed by atoms with Gasteiger partial charge in [0.25, 0.3) is 5.91 Å². The molecule has 2 aromatic rings. The van der Waals surface area contributed by atoms with E-state index in [0.29, 0.717) is 22.6 Å². The number of imide groups is 1. The quantitative estimate of drug-likeness (QED) is 0.668. The molecule has 128 valence electrons. The number of amides is 2. The number of benzene rings is 2. The third-order valence-electron chi connectivity index (χ3n) is 4.01.